The van der Waals surface area contributed by atoms with Gasteiger partial charge in [-0.2, -0.15) is 8.61 Å². The first-order valence-electron chi connectivity index (χ1n) is 12.9. The van der Waals surface area contributed by atoms with E-state index in [2.05, 4.69) is 5.32 Å². The van der Waals surface area contributed by atoms with Crippen LogP contribution in [0.4, 0.5) is 10.1 Å². The van der Waals surface area contributed by atoms with E-state index in [1.165, 1.54) is 47.8 Å². The number of hydrogen-bond acceptors (Lipinski definition) is 6. The number of hydrogen-bond donors (Lipinski definition) is 1. The highest BCUT2D eigenvalue weighted by molar-refractivity contribution is 7.89. The molecule has 0 radical (unpaired) electrons. The number of carbonyl (C=O) groups is 1. The van der Waals surface area contributed by atoms with Crippen LogP contribution in [0.5, 0.6) is 5.75 Å². The Hall–Kier alpha value is -3.32. The Morgan fingerprint density at radius 2 is 1.55 bits per heavy atom. The van der Waals surface area contributed by atoms with Gasteiger partial charge in [-0.1, -0.05) is 42.8 Å². The van der Waals surface area contributed by atoms with Crippen LogP contribution in [0, 0.1) is 5.82 Å². The topological polar surface area (TPSA) is 113 Å². The van der Waals surface area contributed by atoms with Crippen LogP contribution in [0.2, 0.25) is 0 Å². The van der Waals surface area contributed by atoms with Gasteiger partial charge in [0, 0.05) is 25.3 Å². The minimum absolute atomic E-state index is 0.0603. The van der Waals surface area contributed by atoms with Gasteiger partial charge >= 0.3 is 0 Å². The fraction of sp³-hybridized carbons (Fsp3) is 0.321. The summed E-state index contributed by atoms with van der Waals surface area (Å²) in [5, 5.41) is 2.70. The molecule has 3 aromatic carbocycles. The fourth-order valence-electron chi connectivity index (χ4n) is 5.18. The number of amides is 1. The van der Waals surface area contributed by atoms with Gasteiger partial charge in [0.05, 0.1) is 7.11 Å². The normalized spacial score (nSPS) is 18.6. The molecule has 2 heterocycles. The van der Waals surface area contributed by atoms with Crippen molar-refractivity contribution in [3.8, 4) is 5.75 Å². The standard InChI is InChI=1S/C28H30FN3O6S2/c1-38-25-14-13-22(18-27(25)39(34,35)31-15-7-2-8-16-31)30-28(33)24-17-20-9-3-4-10-21(20)19-32(24)40(36,37)26-12-6-5-11-23(26)29/h3-6,9-14,18,24H,2,7-8,15-17,19H2,1H3,(H,30,33)/t24-/m0/s1. The molecule has 5 rings (SSSR count). The lowest BCUT2D eigenvalue weighted by Gasteiger charge is -2.35. The molecule has 1 N–H and O–H groups in total. The molecule has 0 saturated carbocycles. The molecule has 0 aromatic heterocycles. The lowest BCUT2D eigenvalue weighted by Crippen LogP contribution is -2.50. The van der Waals surface area contributed by atoms with Gasteiger partial charge in [0.2, 0.25) is 26.0 Å². The highest BCUT2D eigenvalue weighted by atomic mass is 32.2. The minimum Gasteiger partial charge on any atom is -0.495 e. The summed E-state index contributed by atoms with van der Waals surface area (Å²) in [6, 6.07) is 15.3. The molecule has 212 valence electrons. The third-order valence-electron chi connectivity index (χ3n) is 7.30. The number of ether oxygens (including phenoxy) is 1. The van der Waals surface area contributed by atoms with Crippen molar-refractivity contribution in [2.45, 2.75) is 48.1 Å². The lowest BCUT2D eigenvalue weighted by molar-refractivity contribution is -0.120. The Morgan fingerprint density at radius 1 is 0.875 bits per heavy atom. The molecule has 1 atom stereocenters. The summed E-state index contributed by atoms with van der Waals surface area (Å²) >= 11 is 0. The lowest BCUT2D eigenvalue weighted by atomic mass is 9.95. The maximum Gasteiger partial charge on any atom is 0.247 e. The smallest absolute Gasteiger partial charge is 0.247 e. The number of benzene rings is 3. The molecule has 3 aromatic rings. The van der Waals surface area contributed by atoms with Crippen LogP contribution in [-0.4, -0.2) is 57.6 Å². The molecule has 9 nitrogen and oxygen atoms in total. The average Bonchev–Trinajstić information content (AvgIpc) is 2.97. The number of nitrogens with one attached hydrogen (secondary N) is 1. The number of nitrogens with zero attached hydrogens (tertiary/aromatic N) is 2. The van der Waals surface area contributed by atoms with E-state index in [1.54, 1.807) is 18.2 Å². The summed E-state index contributed by atoms with van der Waals surface area (Å²) in [5.74, 6) is -1.44. The molecular formula is C28H30FN3O6S2. The van der Waals surface area contributed by atoms with Crippen molar-refractivity contribution >= 4 is 31.6 Å². The van der Waals surface area contributed by atoms with E-state index in [0.717, 1.165) is 35.2 Å². The molecule has 1 saturated heterocycles. The second kappa shape index (κ2) is 11.3. The highest BCUT2D eigenvalue weighted by Gasteiger charge is 2.41. The van der Waals surface area contributed by atoms with Crippen molar-refractivity contribution in [2.75, 3.05) is 25.5 Å². The van der Waals surface area contributed by atoms with Gasteiger partial charge in [-0.05, 0) is 60.7 Å². The SMILES string of the molecule is COc1ccc(NC(=O)[C@@H]2Cc3ccccc3CN2S(=O)(=O)c2ccccc2F)cc1S(=O)(=O)N1CCCCC1. The Labute approximate surface area is 233 Å². The van der Waals surface area contributed by atoms with Gasteiger partial charge in [-0.15, -0.1) is 0 Å². The number of carbonyl (C=O) groups excluding carboxylic acids is 1. The number of methoxy groups -OCH3 is 1. The van der Waals surface area contributed by atoms with E-state index in [9.17, 15) is 26.0 Å². The molecule has 2 aliphatic heterocycles. The van der Waals surface area contributed by atoms with Crippen LogP contribution >= 0.6 is 0 Å². The van der Waals surface area contributed by atoms with Crippen LogP contribution in [0.1, 0.15) is 30.4 Å². The summed E-state index contributed by atoms with van der Waals surface area (Å²) in [7, 11) is -6.93. The second-order valence-corrected chi connectivity index (χ2v) is 13.6. The van der Waals surface area contributed by atoms with Crippen LogP contribution in [-0.2, 0) is 37.8 Å². The summed E-state index contributed by atoms with van der Waals surface area (Å²) in [4.78, 5) is 13.1. The molecule has 0 bridgehead atoms. The number of halogens is 1. The predicted molar refractivity (Wildman–Crippen MR) is 147 cm³/mol. The second-order valence-electron chi connectivity index (χ2n) is 9.79. The molecule has 0 spiro atoms. The molecule has 0 aliphatic carbocycles. The molecule has 12 heteroatoms. The zero-order valence-corrected chi connectivity index (χ0v) is 23.5. The van der Waals surface area contributed by atoms with Crippen molar-refractivity contribution in [2.24, 2.45) is 0 Å². The summed E-state index contributed by atoms with van der Waals surface area (Å²) in [5.41, 5.74) is 1.68. The van der Waals surface area contributed by atoms with Crippen LogP contribution < -0.4 is 10.1 Å². The largest absolute Gasteiger partial charge is 0.495 e. The number of sulfonamides is 2. The zero-order chi connectivity index (χ0) is 28.5. The monoisotopic (exact) mass is 587 g/mol. The average molecular weight is 588 g/mol. The molecule has 2 aliphatic rings. The van der Waals surface area contributed by atoms with Gasteiger partial charge in [0.1, 0.15) is 27.4 Å². The van der Waals surface area contributed by atoms with Gasteiger partial charge in [-0.3, -0.25) is 4.79 Å². The summed E-state index contributed by atoms with van der Waals surface area (Å²) in [6.07, 6.45) is 2.53. The molecule has 1 amide bonds. The molecule has 0 unspecified atom stereocenters. The van der Waals surface area contributed by atoms with Crippen molar-refractivity contribution in [3.63, 3.8) is 0 Å². The van der Waals surface area contributed by atoms with Gasteiger partial charge in [0.25, 0.3) is 0 Å². The maximum absolute atomic E-state index is 14.6. The molecular weight excluding hydrogens is 557 g/mol. The Kier molecular flexibility index (Phi) is 7.96. The highest BCUT2D eigenvalue weighted by Crippen LogP contribution is 2.33. The number of anilines is 1. The van der Waals surface area contributed by atoms with E-state index in [4.69, 9.17) is 4.74 Å². The Bertz CT molecular complexity index is 1640. The van der Waals surface area contributed by atoms with Crippen LogP contribution in [0.15, 0.2) is 76.5 Å². The van der Waals surface area contributed by atoms with E-state index >= 15 is 0 Å². The zero-order valence-electron chi connectivity index (χ0n) is 21.9. The van der Waals surface area contributed by atoms with Crippen LogP contribution in [0.3, 0.4) is 0 Å². The maximum atomic E-state index is 14.6. The third kappa shape index (κ3) is 5.36. The van der Waals surface area contributed by atoms with Crippen molar-refractivity contribution in [3.05, 3.63) is 83.7 Å². The number of rotatable bonds is 7. The van der Waals surface area contributed by atoms with Crippen LogP contribution in [0.25, 0.3) is 0 Å². The van der Waals surface area contributed by atoms with Crippen molar-refractivity contribution < 1.29 is 30.8 Å². The van der Waals surface area contributed by atoms with Crippen molar-refractivity contribution in [1.29, 1.82) is 0 Å². The Morgan fingerprint density at radius 3 is 2.25 bits per heavy atom. The Balaban J connectivity index is 1.49. The quantitative estimate of drug-likeness (QED) is 0.451. The van der Waals surface area contributed by atoms with E-state index in [1.807, 2.05) is 6.07 Å². The van der Waals surface area contributed by atoms with Gasteiger partial charge in [0.15, 0.2) is 0 Å². The predicted octanol–water partition coefficient (Wildman–Crippen LogP) is 3.76. The van der Waals surface area contributed by atoms with Gasteiger partial charge < -0.3 is 10.1 Å². The fourth-order valence-corrected chi connectivity index (χ4v) is 8.51. The molecule has 1 fully saturated rings. The summed E-state index contributed by atoms with van der Waals surface area (Å²) in [6.45, 7) is 0.668. The summed E-state index contributed by atoms with van der Waals surface area (Å²) < 4.78 is 76.5. The van der Waals surface area contributed by atoms with Crippen molar-refractivity contribution in [1.82, 2.24) is 8.61 Å². The first kappa shape index (κ1) is 28.2. The number of piperidine rings is 1. The number of fused-ring (bicyclic) bond motifs is 1. The van der Waals surface area contributed by atoms with E-state index in [0.29, 0.717) is 18.7 Å². The third-order valence-corrected chi connectivity index (χ3v) is 11.1. The van der Waals surface area contributed by atoms with E-state index in [-0.39, 0.29) is 29.3 Å². The molecule has 40 heavy (non-hydrogen) atoms. The minimum atomic E-state index is -4.40. The van der Waals surface area contributed by atoms with Gasteiger partial charge in [-0.25, -0.2) is 21.2 Å². The first-order valence-corrected chi connectivity index (χ1v) is 15.8. The van der Waals surface area contributed by atoms with E-state index < -0.39 is 42.7 Å². The first-order chi connectivity index (χ1) is 19.1.